The second kappa shape index (κ2) is 6.90. The molecule has 124 valence electrons. The first-order valence-electron chi connectivity index (χ1n) is 7.45. The summed E-state index contributed by atoms with van der Waals surface area (Å²) in [6.45, 7) is 2.50. The minimum Gasteiger partial charge on any atom is -0.396 e. The number of carbonyl (C=O) groups is 1. The Labute approximate surface area is 142 Å². The average molecular weight is 343 g/mol. The van der Waals surface area contributed by atoms with Crippen LogP contribution in [0.1, 0.15) is 22.5 Å². The summed E-state index contributed by atoms with van der Waals surface area (Å²) in [5.41, 5.74) is 8.96. The molecular weight excluding hydrogens is 326 g/mol. The number of thiazole rings is 1. The summed E-state index contributed by atoms with van der Waals surface area (Å²) in [6, 6.07) is 1.75. The molecule has 3 rings (SSSR count). The predicted octanol–water partition coefficient (Wildman–Crippen LogP) is 1.86. The van der Waals surface area contributed by atoms with Crippen LogP contribution in [-0.2, 0) is 6.54 Å². The normalized spacial score (nSPS) is 10.9. The van der Waals surface area contributed by atoms with E-state index in [-0.39, 0.29) is 6.61 Å². The van der Waals surface area contributed by atoms with Gasteiger partial charge in [-0.3, -0.25) is 14.8 Å². The first kappa shape index (κ1) is 16.3. The fourth-order valence-electron chi connectivity index (χ4n) is 2.54. The zero-order valence-corrected chi connectivity index (χ0v) is 14.0. The summed E-state index contributed by atoms with van der Waals surface area (Å²) in [5, 5.41) is 11.8. The molecule has 0 aliphatic rings. The minimum absolute atomic E-state index is 0.0743. The fraction of sp³-hybridized carbons (Fsp3) is 0.250. The largest absolute Gasteiger partial charge is 0.396 e. The van der Waals surface area contributed by atoms with Gasteiger partial charge in [-0.25, -0.2) is 4.98 Å². The third kappa shape index (κ3) is 3.06. The van der Waals surface area contributed by atoms with Gasteiger partial charge in [0.15, 0.2) is 0 Å². The van der Waals surface area contributed by atoms with E-state index >= 15 is 0 Å². The summed E-state index contributed by atoms with van der Waals surface area (Å²) in [4.78, 5) is 24.6. The molecule has 0 bridgehead atoms. The summed E-state index contributed by atoms with van der Waals surface area (Å²) in [5.74, 6) is -0.471. The molecule has 3 aromatic rings. The number of nitrogens with zero attached hydrogens (tertiary/aromatic N) is 4. The van der Waals surface area contributed by atoms with Gasteiger partial charge in [0.2, 0.25) is 0 Å². The molecule has 3 aromatic heterocycles. The lowest BCUT2D eigenvalue weighted by Gasteiger charge is -2.09. The monoisotopic (exact) mass is 343 g/mol. The van der Waals surface area contributed by atoms with Gasteiger partial charge in [0.05, 0.1) is 23.1 Å². The minimum atomic E-state index is -0.471. The average Bonchev–Trinajstić information content (AvgIpc) is 3.19. The lowest BCUT2D eigenvalue weighted by Crippen LogP contribution is -2.12. The number of primary amides is 1. The Balaban J connectivity index is 2.04. The number of hydrogen-bond acceptors (Lipinski definition) is 6. The summed E-state index contributed by atoms with van der Waals surface area (Å²) >= 11 is 1.46. The first-order chi connectivity index (χ1) is 11.6. The molecule has 7 nitrogen and oxygen atoms in total. The molecule has 0 atom stereocenters. The Morgan fingerprint density at radius 1 is 1.38 bits per heavy atom. The van der Waals surface area contributed by atoms with Gasteiger partial charge in [-0.15, -0.1) is 11.3 Å². The van der Waals surface area contributed by atoms with E-state index in [1.165, 1.54) is 11.3 Å². The summed E-state index contributed by atoms with van der Waals surface area (Å²) in [7, 11) is 0. The molecule has 0 aliphatic heterocycles. The maximum atomic E-state index is 11.6. The van der Waals surface area contributed by atoms with Crippen LogP contribution < -0.4 is 5.73 Å². The molecule has 24 heavy (non-hydrogen) atoms. The standard InChI is InChI=1S/C16H17N5O2S/c1-10-11(15(17)23)7-14(21(10)5-2-6-22)13-9-24-16(20-13)12-8-18-3-4-19-12/h3-4,7-9,22H,2,5-6H2,1H3,(H2,17,23). The maximum Gasteiger partial charge on any atom is 0.250 e. The molecule has 3 N–H and O–H groups in total. The predicted molar refractivity (Wildman–Crippen MR) is 91.5 cm³/mol. The van der Waals surface area contributed by atoms with Crippen molar-refractivity contribution in [2.24, 2.45) is 5.73 Å². The van der Waals surface area contributed by atoms with Crippen molar-refractivity contribution in [3.05, 3.63) is 41.3 Å². The number of rotatable bonds is 6. The van der Waals surface area contributed by atoms with Crippen molar-refractivity contribution in [1.82, 2.24) is 19.5 Å². The van der Waals surface area contributed by atoms with Crippen LogP contribution in [0.2, 0.25) is 0 Å². The molecule has 0 unspecified atom stereocenters. The van der Waals surface area contributed by atoms with Crippen molar-refractivity contribution in [3.63, 3.8) is 0 Å². The van der Waals surface area contributed by atoms with Gasteiger partial charge in [-0.1, -0.05) is 0 Å². The van der Waals surface area contributed by atoms with Gasteiger partial charge >= 0.3 is 0 Å². The van der Waals surface area contributed by atoms with E-state index in [2.05, 4.69) is 15.0 Å². The van der Waals surface area contributed by atoms with Crippen molar-refractivity contribution in [2.75, 3.05) is 6.61 Å². The van der Waals surface area contributed by atoms with Crippen molar-refractivity contribution in [1.29, 1.82) is 0 Å². The van der Waals surface area contributed by atoms with Gasteiger partial charge in [0.25, 0.3) is 5.91 Å². The molecule has 0 spiro atoms. The van der Waals surface area contributed by atoms with E-state index in [0.29, 0.717) is 24.2 Å². The van der Waals surface area contributed by atoms with E-state index in [0.717, 1.165) is 22.1 Å². The third-order valence-corrected chi connectivity index (χ3v) is 4.59. The molecule has 3 heterocycles. The van der Waals surface area contributed by atoms with Gasteiger partial charge in [0.1, 0.15) is 10.7 Å². The molecular formula is C16H17N5O2S. The van der Waals surface area contributed by atoms with Gasteiger partial charge in [-0.2, -0.15) is 0 Å². The van der Waals surface area contributed by atoms with E-state index < -0.39 is 5.91 Å². The number of hydrogen-bond donors (Lipinski definition) is 2. The van der Waals surface area contributed by atoms with Crippen LogP contribution in [0.15, 0.2) is 30.0 Å². The van der Waals surface area contributed by atoms with Gasteiger partial charge in [0, 0.05) is 36.6 Å². The Morgan fingerprint density at radius 3 is 2.88 bits per heavy atom. The molecule has 0 saturated carbocycles. The zero-order chi connectivity index (χ0) is 17.1. The number of aliphatic hydroxyl groups excluding tert-OH is 1. The van der Waals surface area contributed by atoms with Crippen LogP contribution in [0.3, 0.4) is 0 Å². The highest BCUT2D eigenvalue weighted by atomic mass is 32.1. The van der Waals surface area contributed by atoms with Crippen LogP contribution in [0.5, 0.6) is 0 Å². The summed E-state index contributed by atoms with van der Waals surface area (Å²) in [6.07, 6.45) is 5.48. The van der Waals surface area contributed by atoms with E-state index in [9.17, 15) is 4.79 Å². The van der Waals surface area contributed by atoms with E-state index in [1.807, 2.05) is 16.9 Å². The lowest BCUT2D eigenvalue weighted by molar-refractivity contribution is 0.0999. The lowest BCUT2D eigenvalue weighted by atomic mass is 10.2. The second-order valence-corrected chi connectivity index (χ2v) is 6.11. The Kier molecular flexibility index (Phi) is 4.68. The van der Waals surface area contributed by atoms with Crippen LogP contribution >= 0.6 is 11.3 Å². The van der Waals surface area contributed by atoms with Crippen LogP contribution in [0, 0.1) is 6.92 Å². The highest BCUT2D eigenvalue weighted by molar-refractivity contribution is 7.13. The topological polar surface area (TPSA) is 107 Å². The Bertz CT molecular complexity index is 857. The molecule has 8 heteroatoms. The first-order valence-corrected chi connectivity index (χ1v) is 8.33. The smallest absolute Gasteiger partial charge is 0.250 e. The number of carbonyl (C=O) groups excluding carboxylic acids is 1. The zero-order valence-electron chi connectivity index (χ0n) is 13.1. The fourth-order valence-corrected chi connectivity index (χ4v) is 3.32. The van der Waals surface area contributed by atoms with Crippen LogP contribution in [-0.4, -0.2) is 37.1 Å². The SMILES string of the molecule is Cc1c(C(N)=O)cc(-c2csc(-c3cnccn3)n2)n1CCCO. The highest BCUT2D eigenvalue weighted by Crippen LogP contribution is 2.30. The quantitative estimate of drug-likeness (QED) is 0.710. The van der Waals surface area contributed by atoms with Gasteiger partial charge in [-0.05, 0) is 19.4 Å². The van der Waals surface area contributed by atoms with Gasteiger partial charge < -0.3 is 15.4 Å². The van der Waals surface area contributed by atoms with Crippen molar-refractivity contribution >= 4 is 17.2 Å². The van der Waals surface area contributed by atoms with Crippen LogP contribution in [0.4, 0.5) is 0 Å². The molecule has 0 aromatic carbocycles. The van der Waals surface area contributed by atoms with Crippen molar-refractivity contribution in [2.45, 2.75) is 19.9 Å². The van der Waals surface area contributed by atoms with Crippen molar-refractivity contribution in [3.8, 4) is 22.1 Å². The number of nitrogens with two attached hydrogens (primary N) is 1. The second-order valence-electron chi connectivity index (χ2n) is 5.25. The Hall–Kier alpha value is -2.58. The van der Waals surface area contributed by atoms with E-state index in [1.54, 1.807) is 24.7 Å². The van der Waals surface area contributed by atoms with E-state index in [4.69, 9.17) is 10.8 Å². The highest BCUT2D eigenvalue weighted by Gasteiger charge is 2.18. The molecule has 0 fully saturated rings. The van der Waals surface area contributed by atoms with Crippen LogP contribution in [0.25, 0.3) is 22.1 Å². The summed E-state index contributed by atoms with van der Waals surface area (Å²) < 4.78 is 1.96. The molecule has 1 amide bonds. The number of aliphatic hydroxyl groups is 1. The Morgan fingerprint density at radius 2 is 2.21 bits per heavy atom. The molecule has 0 saturated heterocycles. The molecule has 0 aliphatic carbocycles. The number of aromatic nitrogens is 4. The third-order valence-electron chi connectivity index (χ3n) is 3.72. The van der Waals surface area contributed by atoms with Crippen molar-refractivity contribution < 1.29 is 9.90 Å². The molecule has 0 radical (unpaired) electrons. The number of amides is 1. The maximum absolute atomic E-state index is 11.6.